The molecule has 2 aromatic rings. The fourth-order valence-corrected chi connectivity index (χ4v) is 1.61. The average Bonchev–Trinajstić information content (AvgIpc) is 3.05. The largest absolute Gasteiger partial charge is 0.459 e. The molecule has 0 saturated heterocycles. The Hall–Kier alpha value is -3.16. The molecule has 0 aliphatic carbocycles. The molecule has 2 amide bonds. The molecule has 7 nitrogen and oxygen atoms in total. The number of nitrogens with one attached hydrogen (secondary N) is 2. The molecule has 0 unspecified atom stereocenters. The van der Waals surface area contributed by atoms with Crippen LogP contribution in [0.3, 0.4) is 0 Å². The molecule has 0 bridgehead atoms. The van der Waals surface area contributed by atoms with Gasteiger partial charge >= 0.3 is 5.97 Å². The zero-order valence-electron chi connectivity index (χ0n) is 11.9. The molecule has 8 heteroatoms. The Kier molecular flexibility index (Phi) is 5.45. The van der Waals surface area contributed by atoms with Gasteiger partial charge in [0.1, 0.15) is 12.4 Å². The van der Waals surface area contributed by atoms with Gasteiger partial charge in [-0.1, -0.05) is 6.07 Å². The van der Waals surface area contributed by atoms with Crippen LogP contribution in [0.2, 0.25) is 0 Å². The molecule has 1 aromatic carbocycles. The van der Waals surface area contributed by atoms with Gasteiger partial charge in [-0.15, -0.1) is 0 Å². The number of anilines is 1. The van der Waals surface area contributed by atoms with E-state index in [1.54, 1.807) is 0 Å². The van der Waals surface area contributed by atoms with Gasteiger partial charge in [-0.2, -0.15) is 0 Å². The van der Waals surface area contributed by atoms with E-state index in [2.05, 4.69) is 15.4 Å². The molecule has 0 atom stereocenters. The van der Waals surface area contributed by atoms with Crippen LogP contribution < -0.4 is 10.6 Å². The van der Waals surface area contributed by atoms with E-state index in [1.807, 2.05) is 0 Å². The Bertz CT molecular complexity index is 700. The van der Waals surface area contributed by atoms with Crippen molar-refractivity contribution in [2.24, 2.45) is 0 Å². The fourth-order valence-electron chi connectivity index (χ4n) is 1.61. The Balaban J connectivity index is 1.69. The highest BCUT2D eigenvalue weighted by Crippen LogP contribution is 2.08. The first-order valence-electron chi connectivity index (χ1n) is 6.57. The number of hydrogen-bond donors (Lipinski definition) is 2. The number of rotatable bonds is 6. The van der Waals surface area contributed by atoms with Gasteiger partial charge in [0.15, 0.2) is 12.4 Å². The van der Waals surface area contributed by atoms with E-state index >= 15 is 0 Å². The van der Waals surface area contributed by atoms with Crippen LogP contribution in [0, 0.1) is 5.82 Å². The molecular weight excluding hydrogens is 307 g/mol. The Morgan fingerprint density at radius 3 is 2.70 bits per heavy atom. The minimum Gasteiger partial charge on any atom is -0.459 e. The number of hydrogen-bond acceptors (Lipinski definition) is 5. The maximum absolute atomic E-state index is 12.9. The van der Waals surface area contributed by atoms with Crippen molar-refractivity contribution in [3.05, 3.63) is 54.2 Å². The van der Waals surface area contributed by atoms with Gasteiger partial charge in [0.25, 0.3) is 11.8 Å². The summed E-state index contributed by atoms with van der Waals surface area (Å²) in [6, 6.07) is 8.26. The summed E-state index contributed by atoms with van der Waals surface area (Å²) in [4.78, 5) is 34.5. The fraction of sp³-hybridized carbons (Fsp3) is 0.133. The summed E-state index contributed by atoms with van der Waals surface area (Å²) >= 11 is 0. The van der Waals surface area contributed by atoms with Gasteiger partial charge in [-0.25, -0.2) is 4.39 Å². The molecule has 23 heavy (non-hydrogen) atoms. The predicted molar refractivity (Wildman–Crippen MR) is 77.0 cm³/mol. The molecule has 0 spiro atoms. The second-order valence-electron chi connectivity index (χ2n) is 4.38. The zero-order valence-corrected chi connectivity index (χ0v) is 11.9. The average molecular weight is 320 g/mol. The highest BCUT2D eigenvalue weighted by atomic mass is 19.1. The molecule has 2 N–H and O–H groups in total. The molecule has 120 valence electrons. The summed E-state index contributed by atoms with van der Waals surface area (Å²) < 4.78 is 22.5. The maximum atomic E-state index is 12.9. The quantitative estimate of drug-likeness (QED) is 0.783. The first-order valence-corrected chi connectivity index (χ1v) is 6.57. The minimum atomic E-state index is -0.792. The summed E-state index contributed by atoms with van der Waals surface area (Å²) in [5.41, 5.74) is 0.247. The topological polar surface area (TPSA) is 97.6 Å². The van der Waals surface area contributed by atoms with Crippen molar-refractivity contribution in [2.75, 3.05) is 18.5 Å². The maximum Gasteiger partial charge on any atom is 0.325 e. The number of carbonyl (C=O) groups excluding carboxylic acids is 3. The first-order chi connectivity index (χ1) is 11.0. The lowest BCUT2D eigenvalue weighted by atomic mass is 10.3. The third-order valence-corrected chi connectivity index (χ3v) is 2.61. The van der Waals surface area contributed by atoms with Crippen LogP contribution in [-0.2, 0) is 14.3 Å². The lowest BCUT2D eigenvalue weighted by molar-refractivity contribution is -0.146. The molecule has 0 aliphatic heterocycles. The highest BCUT2D eigenvalue weighted by Gasteiger charge is 2.12. The van der Waals surface area contributed by atoms with Crippen molar-refractivity contribution < 1.29 is 27.9 Å². The second kappa shape index (κ2) is 7.74. The Morgan fingerprint density at radius 1 is 1.17 bits per heavy atom. The van der Waals surface area contributed by atoms with Crippen molar-refractivity contribution in [1.82, 2.24) is 5.32 Å². The van der Waals surface area contributed by atoms with Gasteiger partial charge in [0.05, 0.1) is 6.26 Å². The van der Waals surface area contributed by atoms with E-state index in [4.69, 9.17) is 4.42 Å². The van der Waals surface area contributed by atoms with Crippen molar-refractivity contribution >= 4 is 23.5 Å². The van der Waals surface area contributed by atoms with Crippen LogP contribution in [-0.4, -0.2) is 30.9 Å². The number of ether oxygens (including phenoxy) is 1. The molecule has 1 heterocycles. The van der Waals surface area contributed by atoms with Crippen LogP contribution in [0.1, 0.15) is 10.6 Å². The minimum absolute atomic E-state index is 0.0571. The monoisotopic (exact) mass is 320 g/mol. The second-order valence-corrected chi connectivity index (χ2v) is 4.38. The van der Waals surface area contributed by atoms with Crippen LogP contribution in [0.4, 0.5) is 10.1 Å². The van der Waals surface area contributed by atoms with Gasteiger partial charge in [-0.05, 0) is 30.3 Å². The summed E-state index contributed by atoms with van der Waals surface area (Å²) in [5, 5.41) is 4.64. The number of amides is 2. The number of halogens is 1. The zero-order chi connectivity index (χ0) is 16.7. The Morgan fingerprint density at radius 2 is 2.00 bits per heavy atom. The molecule has 2 rings (SSSR count). The molecular formula is C15H13FN2O5. The third kappa shape index (κ3) is 5.27. The van der Waals surface area contributed by atoms with E-state index in [-0.39, 0.29) is 11.4 Å². The van der Waals surface area contributed by atoms with E-state index in [9.17, 15) is 18.8 Å². The lowest BCUT2D eigenvalue weighted by Gasteiger charge is -2.07. The molecule has 1 aromatic heterocycles. The molecule has 0 radical (unpaired) electrons. The summed E-state index contributed by atoms with van der Waals surface area (Å²) in [6.07, 6.45) is 1.32. The number of carbonyl (C=O) groups is 3. The summed E-state index contributed by atoms with van der Waals surface area (Å²) in [6.45, 7) is -0.960. The molecule has 0 fully saturated rings. The van der Waals surface area contributed by atoms with Gasteiger partial charge in [0.2, 0.25) is 0 Å². The summed E-state index contributed by atoms with van der Waals surface area (Å²) in [5.74, 6) is -2.43. The number of esters is 1. The van der Waals surface area contributed by atoms with Crippen molar-refractivity contribution in [3.8, 4) is 0 Å². The standard InChI is InChI=1S/C15H13FN2O5/c16-10-3-1-4-11(7-10)18-13(19)9-23-14(20)8-17-15(21)12-5-2-6-22-12/h1-7H,8-9H2,(H,17,21)(H,18,19). The molecule has 0 aliphatic rings. The van der Waals surface area contributed by atoms with Crippen molar-refractivity contribution in [3.63, 3.8) is 0 Å². The lowest BCUT2D eigenvalue weighted by Crippen LogP contribution is -2.32. The first kappa shape index (κ1) is 16.2. The van der Waals surface area contributed by atoms with E-state index in [0.29, 0.717) is 0 Å². The van der Waals surface area contributed by atoms with Crippen LogP contribution in [0.15, 0.2) is 47.1 Å². The number of benzene rings is 1. The van der Waals surface area contributed by atoms with Gasteiger partial charge in [0, 0.05) is 5.69 Å². The van der Waals surface area contributed by atoms with Crippen LogP contribution in [0.5, 0.6) is 0 Å². The van der Waals surface area contributed by atoms with Gasteiger partial charge in [-0.3, -0.25) is 14.4 Å². The van der Waals surface area contributed by atoms with Crippen molar-refractivity contribution in [2.45, 2.75) is 0 Å². The van der Waals surface area contributed by atoms with Gasteiger partial charge < -0.3 is 19.8 Å². The van der Waals surface area contributed by atoms with Crippen molar-refractivity contribution in [1.29, 1.82) is 0 Å². The molecule has 0 saturated carbocycles. The smallest absolute Gasteiger partial charge is 0.325 e. The number of furan rings is 1. The predicted octanol–water partition coefficient (Wildman–Crippen LogP) is 1.33. The van der Waals surface area contributed by atoms with Crippen LogP contribution >= 0.6 is 0 Å². The van der Waals surface area contributed by atoms with E-state index in [0.717, 1.165) is 6.07 Å². The van der Waals surface area contributed by atoms with E-state index in [1.165, 1.54) is 36.6 Å². The Labute approximate surface area is 130 Å². The third-order valence-electron chi connectivity index (χ3n) is 2.61. The summed E-state index contributed by atoms with van der Waals surface area (Å²) in [7, 11) is 0. The van der Waals surface area contributed by atoms with Crippen LogP contribution in [0.25, 0.3) is 0 Å². The highest BCUT2D eigenvalue weighted by molar-refractivity contribution is 5.95. The SMILES string of the molecule is O=C(COC(=O)CNC(=O)c1ccco1)Nc1cccc(F)c1. The normalized spacial score (nSPS) is 9.96. The van der Waals surface area contributed by atoms with E-state index < -0.39 is 36.8 Å².